The van der Waals surface area contributed by atoms with Gasteiger partial charge in [0.05, 0.1) is 12.2 Å². The van der Waals surface area contributed by atoms with Crippen LogP contribution in [0.2, 0.25) is 0 Å². The van der Waals surface area contributed by atoms with Crippen LogP contribution in [0, 0.1) is 0 Å². The van der Waals surface area contributed by atoms with Gasteiger partial charge in [-0.05, 0) is 31.2 Å². The fraction of sp³-hybridized carbons (Fsp3) is 0.222. The van der Waals surface area contributed by atoms with Crippen molar-refractivity contribution in [1.82, 2.24) is 5.32 Å². The Bertz CT molecular complexity index is 809. The molecule has 2 N–H and O–H groups in total. The van der Waals surface area contributed by atoms with Crippen molar-refractivity contribution in [3.63, 3.8) is 0 Å². The molecule has 27 heavy (non-hydrogen) atoms. The van der Waals surface area contributed by atoms with E-state index in [1.807, 2.05) is 0 Å². The van der Waals surface area contributed by atoms with Crippen molar-refractivity contribution in [3.05, 3.63) is 59.7 Å². The minimum absolute atomic E-state index is 0.158. The third-order valence-corrected chi connectivity index (χ3v) is 3.27. The summed E-state index contributed by atoms with van der Waals surface area (Å²) in [5.41, 5.74) is 0.752. The van der Waals surface area contributed by atoms with Crippen LogP contribution in [0.3, 0.4) is 0 Å². The van der Waals surface area contributed by atoms with Gasteiger partial charge in [-0.25, -0.2) is 9.59 Å². The summed E-state index contributed by atoms with van der Waals surface area (Å²) in [6.07, 6.45) is -4.83. The first-order chi connectivity index (χ1) is 12.8. The minimum Gasteiger partial charge on any atom is -0.462 e. The van der Waals surface area contributed by atoms with Gasteiger partial charge in [0.25, 0.3) is 0 Å². The van der Waals surface area contributed by atoms with Gasteiger partial charge in [0.2, 0.25) is 0 Å². The number of hydrogen-bond donors (Lipinski definition) is 2. The van der Waals surface area contributed by atoms with Crippen LogP contribution in [0.4, 0.5) is 23.7 Å². The number of esters is 1. The zero-order chi connectivity index (χ0) is 19.9. The summed E-state index contributed by atoms with van der Waals surface area (Å²) in [6, 6.07) is 10.9. The number of nitrogens with one attached hydrogen (secondary N) is 2. The molecule has 2 rings (SSSR count). The van der Waals surface area contributed by atoms with Gasteiger partial charge in [0.1, 0.15) is 5.75 Å². The van der Waals surface area contributed by atoms with Crippen LogP contribution < -0.4 is 15.4 Å². The molecule has 0 atom stereocenters. The first-order valence-electron chi connectivity index (χ1n) is 7.94. The quantitative estimate of drug-likeness (QED) is 0.738. The predicted octanol–water partition coefficient (Wildman–Crippen LogP) is 4.08. The highest BCUT2D eigenvalue weighted by Crippen LogP contribution is 2.26. The molecule has 2 aromatic carbocycles. The van der Waals surface area contributed by atoms with Gasteiger partial charge in [-0.2, -0.15) is 0 Å². The average molecular weight is 382 g/mol. The van der Waals surface area contributed by atoms with E-state index in [1.54, 1.807) is 19.1 Å². The van der Waals surface area contributed by atoms with Gasteiger partial charge in [-0.1, -0.05) is 24.3 Å². The summed E-state index contributed by atoms with van der Waals surface area (Å²) >= 11 is 0. The molecule has 0 aliphatic heterocycles. The molecule has 2 aromatic rings. The number of ether oxygens (including phenoxy) is 2. The van der Waals surface area contributed by atoms with Crippen LogP contribution in [0.25, 0.3) is 0 Å². The third kappa shape index (κ3) is 6.53. The van der Waals surface area contributed by atoms with Gasteiger partial charge in [0, 0.05) is 17.8 Å². The third-order valence-electron chi connectivity index (χ3n) is 3.27. The standard InChI is InChI=1S/C18H17F3N2O4/c1-2-26-16(24)12-7-5-8-14(10-12)23-17(25)22-11-13-6-3-4-9-15(13)27-18(19,20)21/h3-10H,2,11H2,1H3,(H2,22,23,25). The fourth-order valence-electron chi connectivity index (χ4n) is 2.16. The summed E-state index contributed by atoms with van der Waals surface area (Å²) < 4.78 is 46.0. The highest BCUT2D eigenvalue weighted by Gasteiger charge is 2.31. The van der Waals surface area contributed by atoms with Gasteiger partial charge in [-0.3, -0.25) is 0 Å². The number of amides is 2. The first kappa shape index (κ1) is 20.1. The number of carbonyl (C=O) groups excluding carboxylic acids is 2. The normalized spacial score (nSPS) is 10.8. The molecule has 0 fully saturated rings. The van der Waals surface area contributed by atoms with Crippen LogP contribution >= 0.6 is 0 Å². The van der Waals surface area contributed by atoms with E-state index < -0.39 is 24.1 Å². The number of hydrogen-bond acceptors (Lipinski definition) is 4. The number of alkyl halides is 3. The number of anilines is 1. The van der Waals surface area contributed by atoms with Crippen molar-refractivity contribution in [2.45, 2.75) is 19.8 Å². The predicted molar refractivity (Wildman–Crippen MR) is 91.4 cm³/mol. The molecule has 0 aliphatic carbocycles. The zero-order valence-electron chi connectivity index (χ0n) is 14.3. The molecule has 2 amide bonds. The Hall–Kier alpha value is -3.23. The van der Waals surface area contributed by atoms with E-state index in [9.17, 15) is 22.8 Å². The maximum absolute atomic E-state index is 12.4. The van der Waals surface area contributed by atoms with E-state index in [1.165, 1.54) is 30.3 Å². The topological polar surface area (TPSA) is 76.7 Å². The summed E-state index contributed by atoms with van der Waals surface area (Å²) in [5, 5.41) is 4.93. The molecule has 144 valence electrons. The highest BCUT2D eigenvalue weighted by atomic mass is 19.4. The zero-order valence-corrected chi connectivity index (χ0v) is 14.3. The molecule has 0 saturated carbocycles. The molecule has 0 saturated heterocycles. The lowest BCUT2D eigenvalue weighted by Gasteiger charge is -2.14. The summed E-state index contributed by atoms with van der Waals surface area (Å²) in [4.78, 5) is 23.7. The monoisotopic (exact) mass is 382 g/mol. The number of rotatable bonds is 6. The van der Waals surface area contributed by atoms with Crippen LogP contribution in [0.5, 0.6) is 5.75 Å². The van der Waals surface area contributed by atoms with Crippen molar-refractivity contribution < 1.29 is 32.2 Å². The van der Waals surface area contributed by atoms with E-state index in [-0.39, 0.29) is 24.3 Å². The van der Waals surface area contributed by atoms with E-state index >= 15 is 0 Å². The van der Waals surface area contributed by atoms with Crippen molar-refractivity contribution in [2.24, 2.45) is 0 Å². The molecular weight excluding hydrogens is 365 g/mol. The smallest absolute Gasteiger partial charge is 0.462 e. The van der Waals surface area contributed by atoms with E-state index in [4.69, 9.17) is 4.74 Å². The van der Waals surface area contributed by atoms with E-state index in [0.717, 1.165) is 6.07 Å². The van der Waals surface area contributed by atoms with E-state index in [0.29, 0.717) is 5.69 Å². The Morgan fingerprint density at radius 2 is 1.81 bits per heavy atom. The molecule has 0 radical (unpaired) electrons. The summed E-state index contributed by atoms with van der Waals surface area (Å²) in [5.74, 6) is -0.922. The average Bonchev–Trinajstić information content (AvgIpc) is 2.60. The van der Waals surface area contributed by atoms with E-state index in [2.05, 4.69) is 15.4 Å². The van der Waals surface area contributed by atoms with Crippen molar-refractivity contribution in [2.75, 3.05) is 11.9 Å². The van der Waals surface area contributed by atoms with Crippen molar-refractivity contribution >= 4 is 17.7 Å². The summed E-state index contributed by atoms with van der Waals surface area (Å²) in [7, 11) is 0. The lowest BCUT2D eigenvalue weighted by atomic mass is 10.2. The number of halogens is 3. The molecule has 9 heteroatoms. The lowest BCUT2D eigenvalue weighted by molar-refractivity contribution is -0.274. The largest absolute Gasteiger partial charge is 0.573 e. The van der Waals surface area contributed by atoms with Crippen LogP contribution in [-0.4, -0.2) is 25.0 Å². The molecule has 6 nitrogen and oxygen atoms in total. The molecule has 0 spiro atoms. The Morgan fingerprint density at radius 3 is 2.52 bits per heavy atom. The number of para-hydroxylation sites is 1. The number of carbonyl (C=O) groups is 2. The Labute approximate surface area is 153 Å². The van der Waals surface area contributed by atoms with Gasteiger partial charge >= 0.3 is 18.4 Å². The molecule has 0 aliphatic rings. The maximum atomic E-state index is 12.4. The van der Waals surface area contributed by atoms with Gasteiger partial charge < -0.3 is 20.1 Å². The SMILES string of the molecule is CCOC(=O)c1cccc(NC(=O)NCc2ccccc2OC(F)(F)F)c1. The molecule has 0 bridgehead atoms. The summed E-state index contributed by atoms with van der Waals surface area (Å²) in [6.45, 7) is 1.71. The molecular formula is C18H17F3N2O4. The lowest BCUT2D eigenvalue weighted by Crippen LogP contribution is -2.29. The second kappa shape index (κ2) is 8.93. The van der Waals surface area contributed by atoms with Crippen LogP contribution in [0.15, 0.2) is 48.5 Å². The van der Waals surface area contributed by atoms with Gasteiger partial charge in [0.15, 0.2) is 0 Å². The second-order valence-electron chi connectivity index (χ2n) is 5.26. The number of benzene rings is 2. The van der Waals surface area contributed by atoms with Crippen molar-refractivity contribution in [1.29, 1.82) is 0 Å². The minimum atomic E-state index is -4.83. The maximum Gasteiger partial charge on any atom is 0.573 e. The highest BCUT2D eigenvalue weighted by molar-refractivity contribution is 5.93. The Morgan fingerprint density at radius 1 is 1.07 bits per heavy atom. The first-order valence-corrected chi connectivity index (χ1v) is 7.94. The molecule has 0 unspecified atom stereocenters. The van der Waals surface area contributed by atoms with Crippen molar-refractivity contribution in [3.8, 4) is 5.75 Å². The van der Waals surface area contributed by atoms with Crippen LogP contribution in [-0.2, 0) is 11.3 Å². The Balaban J connectivity index is 1.98. The van der Waals surface area contributed by atoms with Crippen LogP contribution in [0.1, 0.15) is 22.8 Å². The molecule has 0 heterocycles. The Kier molecular flexibility index (Phi) is 6.64. The second-order valence-corrected chi connectivity index (χ2v) is 5.26. The fourth-order valence-corrected chi connectivity index (χ4v) is 2.16. The number of urea groups is 1. The molecule has 0 aromatic heterocycles. The van der Waals surface area contributed by atoms with Gasteiger partial charge in [-0.15, -0.1) is 13.2 Å².